The summed E-state index contributed by atoms with van der Waals surface area (Å²) in [6.45, 7) is 7.52. The molecule has 94 valence electrons. The summed E-state index contributed by atoms with van der Waals surface area (Å²) in [5.41, 5.74) is 9.65. The van der Waals surface area contributed by atoms with Crippen molar-refractivity contribution in [1.82, 2.24) is 0 Å². The molecule has 0 atom stereocenters. The molecule has 1 fully saturated rings. The zero-order valence-electron chi connectivity index (χ0n) is 11.1. The van der Waals surface area contributed by atoms with E-state index in [1.807, 2.05) is 0 Å². The van der Waals surface area contributed by atoms with E-state index in [4.69, 9.17) is 5.73 Å². The summed E-state index contributed by atoms with van der Waals surface area (Å²) in [5.74, 6) is 0.940. The van der Waals surface area contributed by atoms with Gasteiger partial charge >= 0.3 is 0 Å². The van der Waals surface area contributed by atoms with E-state index in [1.165, 1.54) is 49.2 Å². The van der Waals surface area contributed by atoms with Gasteiger partial charge in [-0.2, -0.15) is 0 Å². The van der Waals surface area contributed by atoms with Crippen LogP contribution >= 0.6 is 0 Å². The quantitative estimate of drug-likeness (QED) is 0.867. The van der Waals surface area contributed by atoms with E-state index >= 15 is 0 Å². The summed E-state index contributed by atoms with van der Waals surface area (Å²) < 4.78 is 0. The molecular weight excluding hydrogens is 208 g/mol. The third-order valence-electron chi connectivity index (χ3n) is 4.10. The Morgan fingerprint density at radius 1 is 1.29 bits per heavy atom. The monoisotopic (exact) mass is 232 g/mol. The average Bonchev–Trinajstić information content (AvgIpc) is 2.39. The second kappa shape index (κ2) is 5.54. The lowest BCUT2D eigenvalue weighted by Crippen LogP contribution is -2.33. The fourth-order valence-electron chi connectivity index (χ4n) is 2.71. The van der Waals surface area contributed by atoms with Gasteiger partial charge in [-0.3, -0.25) is 0 Å². The molecule has 17 heavy (non-hydrogen) atoms. The molecule has 1 aliphatic rings. The lowest BCUT2D eigenvalue weighted by molar-refractivity contribution is 0.395. The van der Waals surface area contributed by atoms with Crippen molar-refractivity contribution in [2.24, 2.45) is 11.7 Å². The van der Waals surface area contributed by atoms with Gasteiger partial charge in [-0.05, 0) is 48.9 Å². The van der Waals surface area contributed by atoms with Crippen molar-refractivity contribution in [1.29, 1.82) is 0 Å². The van der Waals surface area contributed by atoms with Gasteiger partial charge in [-0.15, -0.1) is 0 Å². The highest BCUT2D eigenvalue weighted by molar-refractivity contribution is 5.51. The molecule has 2 N–H and O–H groups in total. The van der Waals surface area contributed by atoms with Gasteiger partial charge in [-0.1, -0.05) is 19.4 Å². The minimum Gasteiger partial charge on any atom is -0.372 e. The zero-order valence-corrected chi connectivity index (χ0v) is 11.1. The Morgan fingerprint density at radius 3 is 2.53 bits per heavy atom. The van der Waals surface area contributed by atoms with Crippen LogP contribution in [0.15, 0.2) is 18.2 Å². The van der Waals surface area contributed by atoms with E-state index < -0.39 is 0 Å². The molecule has 1 heterocycles. The van der Waals surface area contributed by atoms with E-state index in [0.29, 0.717) is 6.54 Å². The van der Waals surface area contributed by atoms with Crippen LogP contribution in [-0.2, 0) is 6.54 Å². The highest BCUT2D eigenvalue weighted by Gasteiger charge is 2.18. The molecule has 0 spiro atoms. The van der Waals surface area contributed by atoms with Crippen LogP contribution in [0.5, 0.6) is 0 Å². The number of piperidine rings is 1. The SMILES string of the molecule is CCC1CCN(c2ccc(CN)c(C)c2)CC1. The number of aryl methyl sites for hydroxylation is 1. The van der Waals surface area contributed by atoms with Gasteiger partial charge < -0.3 is 10.6 Å². The van der Waals surface area contributed by atoms with Gasteiger partial charge in [0.1, 0.15) is 0 Å². The van der Waals surface area contributed by atoms with Crippen molar-refractivity contribution in [3.63, 3.8) is 0 Å². The molecule has 2 rings (SSSR count). The number of hydrogen-bond acceptors (Lipinski definition) is 2. The number of nitrogens with zero attached hydrogens (tertiary/aromatic N) is 1. The average molecular weight is 232 g/mol. The Bertz CT molecular complexity index is 365. The van der Waals surface area contributed by atoms with Gasteiger partial charge in [0.2, 0.25) is 0 Å². The molecule has 0 amide bonds. The van der Waals surface area contributed by atoms with Crippen molar-refractivity contribution < 1.29 is 0 Å². The van der Waals surface area contributed by atoms with E-state index in [2.05, 4.69) is 36.9 Å². The highest BCUT2D eigenvalue weighted by Crippen LogP contribution is 2.26. The van der Waals surface area contributed by atoms with Crippen LogP contribution in [0, 0.1) is 12.8 Å². The first-order valence-corrected chi connectivity index (χ1v) is 6.79. The van der Waals surface area contributed by atoms with Crippen LogP contribution in [0.25, 0.3) is 0 Å². The van der Waals surface area contributed by atoms with Crippen LogP contribution in [0.1, 0.15) is 37.3 Å². The Balaban J connectivity index is 2.06. The lowest BCUT2D eigenvalue weighted by atomic mass is 9.94. The Hall–Kier alpha value is -1.02. The number of anilines is 1. The minimum atomic E-state index is 0.643. The normalized spacial score (nSPS) is 17.5. The summed E-state index contributed by atoms with van der Waals surface area (Å²) in [5, 5.41) is 0. The molecule has 1 aliphatic heterocycles. The first-order valence-electron chi connectivity index (χ1n) is 6.79. The standard InChI is InChI=1S/C15H24N2/c1-3-13-6-8-17(9-7-13)15-5-4-14(11-16)12(2)10-15/h4-5,10,13H,3,6-9,11,16H2,1-2H3. The molecule has 2 heteroatoms. The lowest BCUT2D eigenvalue weighted by Gasteiger charge is -2.33. The van der Waals surface area contributed by atoms with Crippen LogP contribution in [0.3, 0.4) is 0 Å². The maximum Gasteiger partial charge on any atom is 0.0369 e. The van der Waals surface area contributed by atoms with Crippen molar-refractivity contribution in [3.8, 4) is 0 Å². The molecule has 1 aromatic carbocycles. The van der Waals surface area contributed by atoms with Crippen molar-refractivity contribution in [3.05, 3.63) is 29.3 Å². The fraction of sp³-hybridized carbons (Fsp3) is 0.600. The third-order valence-corrected chi connectivity index (χ3v) is 4.10. The molecule has 0 unspecified atom stereocenters. The van der Waals surface area contributed by atoms with E-state index in [0.717, 1.165) is 5.92 Å². The second-order valence-electron chi connectivity index (χ2n) is 5.15. The first kappa shape index (κ1) is 12.4. The summed E-state index contributed by atoms with van der Waals surface area (Å²) in [4.78, 5) is 2.51. The predicted octanol–water partition coefficient (Wildman–Crippen LogP) is 3.08. The Morgan fingerprint density at radius 2 is 2.00 bits per heavy atom. The number of nitrogens with two attached hydrogens (primary N) is 1. The third kappa shape index (κ3) is 2.81. The van der Waals surface area contributed by atoms with Gasteiger partial charge in [0.05, 0.1) is 0 Å². The molecule has 0 aromatic heterocycles. The molecule has 0 saturated carbocycles. The van der Waals surface area contributed by atoms with Crippen molar-refractivity contribution >= 4 is 5.69 Å². The smallest absolute Gasteiger partial charge is 0.0369 e. The molecule has 1 saturated heterocycles. The molecular formula is C15H24N2. The summed E-state index contributed by atoms with van der Waals surface area (Å²) in [6.07, 6.45) is 4.02. The Kier molecular flexibility index (Phi) is 4.06. The number of benzene rings is 1. The van der Waals surface area contributed by atoms with Gasteiger partial charge in [0, 0.05) is 25.3 Å². The van der Waals surface area contributed by atoms with E-state index in [1.54, 1.807) is 0 Å². The van der Waals surface area contributed by atoms with E-state index in [-0.39, 0.29) is 0 Å². The molecule has 0 radical (unpaired) electrons. The minimum absolute atomic E-state index is 0.643. The largest absolute Gasteiger partial charge is 0.372 e. The highest BCUT2D eigenvalue weighted by atomic mass is 15.1. The van der Waals surface area contributed by atoms with Gasteiger partial charge in [0.15, 0.2) is 0 Å². The van der Waals surface area contributed by atoms with Crippen LogP contribution < -0.4 is 10.6 Å². The maximum absolute atomic E-state index is 5.70. The zero-order chi connectivity index (χ0) is 12.3. The topological polar surface area (TPSA) is 29.3 Å². The number of rotatable bonds is 3. The molecule has 0 aliphatic carbocycles. The van der Waals surface area contributed by atoms with Crippen molar-refractivity contribution in [2.45, 2.75) is 39.7 Å². The van der Waals surface area contributed by atoms with Crippen LogP contribution in [0.4, 0.5) is 5.69 Å². The summed E-state index contributed by atoms with van der Waals surface area (Å²) in [6, 6.07) is 6.69. The molecule has 2 nitrogen and oxygen atoms in total. The second-order valence-corrected chi connectivity index (χ2v) is 5.15. The first-order chi connectivity index (χ1) is 8.24. The van der Waals surface area contributed by atoms with E-state index in [9.17, 15) is 0 Å². The van der Waals surface area contributed by atoms with Crippen molar-refractivity contribution in [2.75, 3.05) is 18.0 Å². The fourth-order valence-corrected chi connectivity index (χ4v) is 2.71. The summed E-state index contributed by atoms with van der Waals surface area (Å²) in [7, 11) is 0. The molecule has 1 aromatic rings. The van der Waals surface area contributed by atoms with Gasteiger partial charge in [-0.25, -0.2) is 0 Å². The van der Waals surface area contributed by atoms with Gasteiger partial charge in [0.25, 0.3) is 0 Å². The predicted molar refractivity (Wildman–Crippen MR) is 74.3 cm³/mol. The molecule has 0 bridgehead atoms. The maximum atomic E-state index is 5.70. The Labute approximate surface area is 105 Å². The van der Waals surface area contributed by atoms with Crippen LogP contribution in [-0.4, -0.2) is 13.1 Å². The number of hydrogen-bond donors (Lipinski definition) is 1. The summed E-state index contributed by atoms with van der Waals surface area (Å²) >= 11 is 0. The van der Waals surface area contributed by atoms with Crippen LogP contribution in [0.2, 0.25) is 0 Å².